The molecule has 0 saturated carbocycles. The van der Waals surface area contributed by atoms with Crippen molar-refractivity contribution in [1.29, 1.82) is 0 Å². The quantitative estimate of drug-likeness (QED) is 0.243. The van der Waals surface area contributed by atoms with E-state index >= 15 is 0 Å². The third-order valence-electron chi connectivity index (χ3n) is 6.45. The molecule has 1 saturated heterocycles. The number of amides is 1. The van der Waals surface area contributed by atoms with Crippen LogP contribution < -0.4 is 10.1 Å². The van der Waals surface area contributed by atoms with Crippen molar-refractivity contribution in [1.82, 2.24) is 15.2 Å². The molecule has 1 amide bonds. The average Bonchev–Trinajstić information content (AvgIpc) is 3.30. The fourth-order valence-corrected chi connectivity index (χ4v) is 4.58. The summed E-state index contributed by atoms with van der Waals surface area (Å²) in [6.45, 7) is 3.88. The van der Waals surface area contributed by atoms with Crippen LogP contribution in [0.5, 0.6) is 11.5 Å². The summed E-state index contributed by atoms with van der Waals surface area (Å²) in [5.74, 6) is 1.05. The van der Waals surface area contributed by atoms with Crippen LogP contribution in [0.4, 0.5) is 0 Å². The zero-order valence-corrected chi connectivity index (χ0v) is 19.7. The van der Waals surface area contributed by atoms with Crippen molar-refractivity contribution in [2.75, 3.05) is 33.3 Å². The number of rotatable bonds is 9. The van der Waals surface area contributed by atoms with Gasteiger partial charge in [0.2, 0.25) is 5.91 Å². The Morgan fingerprint density at radius 3 is 2.85 bits per heavy atom. The maximum absolute atomic E-state index is 12.0. The number of aromatic hydroxyl groups is 1. The minimum absolute atomic E-state index is 0.0917. The largest absolute Gasteiger partial charge is 0.504 e. The first-order valence-electron chi connectivity index (χ1n) is 11.9. The molecule has 178 valence electrons. The number of para-hydroxylation sites is 1. The number of methoxy groups -OCH3 is 1. The number of piperidine rings is 1. The number of hydrogen-bond donors (Lipinski definition) is 3. The molecule has 1 aliphatic rings. The third kappa shape index (κ3) is 6.08. The molecular weight excluding hydrogens is 426 g/mol. The van der Waals surface area contributed by atoms with E-state index in [1.165, 1.54) is 42.5 Å². The van der Waals surface area contributed by atoms with E-state index in [1.807, 2.05) is 6.08 Å². The average molecular weight is 460 g/mol. The number of phenols is 1. The summed E-state index contributed by atoms with van der Waals surface area (Å²) in [6.07, 6.45) is 12.4. The molecule has 0 atom stereocenters. The lowest BCUT2D eigenvalue weighted by Crippen LogP contribution is -2.35. The topological polar surface area (TPSA) is 77.6 Å². The van der Waals surface area contributed by atoms with Crippen molar-refractivity contribution in [3.63, 3.8) is 0 Å². The molecule has 2 aromatic carbocycles. The Morgan fingerprint density at radius 2 is 2.03 bits per heavy atom. The lowest BCUT2D eigenvalue weighted by molar-refractivity contribution is -0.116. The van der Waals surface area contributed by atoms with E-state index in [0.29, 0.717) is 18.2 Å². The molecule has 0 bridgehead atoms. The van der Waals surface area contributed by atoms with Crippen molar-refractivity contribution < 1.29 is 14.6 Å². The van der Waals surface area contributed by atoms with Gasteiger partial charge in [-0.15, -0.1) is 0 Å². The number of fused-ring (bicyclic) bond motifs is 1. The number of aromatic amines is 1. The second kappa shape index (κ2) is 11.6. The predicted molar refractivity (Wildman–Crippen MR) is 137 cm³/mol. The van der Waals surface area contributed by atoms with Crippen LogP contribution in [-0.2, 0) is 4.79 Å². The number of nitrogens with zero attached hydrogens (tertiary/aromatic N) is 1. The van der Waals surface area contributed by atoms with Gasteiger partial charge in [0, 0.05) is 29.7 Å². The molecule has 3 aromatic rings. The monoisotopic (exact) mass is 459 g/mol. The number of carbonyl (C=O) groups excluding carboxylic acids is 1. The van der Waals surface area contributed by atoms with Gasteiger partial charge in [-0.1, -0.05) is 42.5 Å². The highest BCUT2D eigenvalue weighted by Crippen LogP contribution is 2.33. The lowest BCUT2D eigenvalue weighted by Gasteiger charge is -2.32. The number of phenolic OH excluding ortho intramolecular Hbond substituents is 1. The molecule has 1 aromatic heterocycles. The molecule has 6 heteroatoms. The first-order chi connectivity index (χ1) is 16.6. The summed E-state index contributed by atoms with van der Waals surface area (Å²) < 4.78 is 5.10. The van der Waals surface area contributed by atoms with E-state index in [2.05, 4.69) is 45.7 Å². The van der Waals surface area contributed by atoms with Crippen LogP contribution in [0.15, 0.2) is 66.9 Å². The van der Waals surface area contributed by atoms with E-state index in [0.717, 1.165) is 31.6 Å². The van der Waals surface area contributed by atoms with Crippen molar-refractivity contribution in [3.05, 3.63) is 78.0 Å². The van der Waals surface area contributed by atoms with Crippen LogP contribution in [0, 0.1) is 0 Å². The SMILES string of the molecule is COc1cc(/C=C/C=C/C(=O)NCCCN2CCC(c3c[nH]c4ccccc34)CC2)ccc1O. The number of carbonyl (C=O) groups is 1. The summed E-state index contributed by atoms with van der Waals surface area (Å²) in [5.41, 5.74) is 3.56. The summed E-state index contributed by atoms with van der Waals surface area (Å²) in [6, 6.07) is 13.6. The minimum atomic E-state index is -0.0917. The lowest BCUT2D eigenvalue weighted by atomic mass is 9.89. The normalized spacial score (nSPS) is 15.4. The summed E-state index contributed by atoms with van der Waals surface area (Å²) in [7, 11) is 1.51. The van der Waals surface area contributed by atoms with Crippen LogP contribution in [0.1, 0.15) is 36.3 Å². The standard InChI is InChI=1S/C28H33N3O3/c1-34-27-19-21(11-12-26(27)32)7-2-5-10-28(33)29-15-6-16-31-17-13-22(14-18-31)24-20-30-25-9-4-3-8-23(24)25/h2-5,7-12,19-20,22,30,32H,6,13-18H2,1H3,(H,29,33)/b7-2+,10-5+. The van der Waals surface area contributed by atoms with Crippen molar-refractivity contribution in [2.45, 2.75) is 25.2 Å². The fraction of sp³-hybridized carbons (Fsp3) is 0.321. The number of benzene rings is 2. The molecular formula is C28H33N3O3. The van der Waals surface area contributed by atoms with Gasteiger partial charge < -0.3 is 25.0 Å². The van der Waals surface area contributed by atoms with Crippen LogP contribution in [0.3, 0.4) is 0 Å². The molecule has 34 heavy (non-hydrogen) atoms. The Bertz CT molecular complexity index is 1160. The van der Waals surface area contributed by atoms with Crippen LogP contribution in [-0.4, -0.2) is 54.2 Å². The molecule has 1 fully saturated rings. The smallest absolute Gasteiger partial charge is 0.243 e. The fourth-order valence-electron chi connectivity index (χ4n) is 4.58. The Balaban J connectivity index is 1.13. The maximum atomic E-state index is 12.0. The first-order valence-corrected chi connectivity index (χ1v) is 11.9. The number of aromatic nitrogens is 1. The molecule has 4 rings (SSSR count). The van der Waals surface area contributed by atoms with Gasteiger partial charge in [-0.2, -0.15) is 0 Å². The van der Waals surface area contributed by atoms with E-state index in [1.54, 1.807) is 30.4 Å². The molecule has 0 aliphatic carbocycles. The zero-order valence-electron chi connectivity index (χ0n) is 19.7. The number of nitrogens with one attached hydrogen (secondary N) is 2. The molecule has 0 spiro atoms. The van der Waals surface area contributed by atoms with Crippen LogP contribution in [0.25, 0.3) is 17.0 Å². The summed E-state index contributed by atoms with van der Waals surface area (Å²) >= 11 is 0. The van der Waals surface area contributed by atoms with Crippen LogP contribution in [0.2, 0.25) is 0 Å². The number of allylic oxidation sites excluding steroid dienone is 2. The molecule has 0 unspecified atom stereocenters. The maximum Gasteiger partial charge on any atom is 0.243 e. The van der Waals surface area contributed by atoms with E-state index in [4.69, 9.17) is 4.74 Å². The van der Waals surface area contributed by atoms with Crippen molar-refractivity contribution in [3.8, 4) is 11.5 Å². The summed E-state index contributed by atoms with van der Waals surface area (Å²) in [4.78, 5) is 17.9. The number of ether oxygens (including phenoxy) is 1. The Kier molecular flexibility index (Phi) is 8.04. The van der Waals surface area contributed by atoms with Gasteiger partial charge in [-0.05, 0) is 74.1 Å². The second-order valence-corrected chi connectivity index (χ2v) is 8.70. The molecule has 3 N–H and O–H groups in total. The highest BCUT2D eigenvalue weighted by atomic mass is 16.5. The van der Waals surface area contributed by atoms with Gasteiger partial charge in [-0.3, -0.25) is 4.79 Å². The van der Waals surface area contributed by atoms with Crippen molar-refractivity contribution >= 4 is 22.9 Å². The Morgan fingerprint density at radius 1 is 1.21 bits per heavy atom. The first kappa shape index (κ1) is 23.6. The number of H-pyrrole nitrogens is 1. The summed E-state index contributed by atoms with van der Waals surface area (Å²) in [5, 5.41) is 13.9. The van der Waals surface area contributed by atoms with Gasteiger partial charge in [0.05, 0.1) is 7.11 Å². The van der Waals surface area contributed by atoms with Gasteiger partial charge in [0.25, 0.3) is 0 Å². The number of likely N-dealkylation sites (tertiary alicyclic amines) is 1. The van der Waals surface area contributed by atoms with Crippen molar-refractivity contribution in [2.24, 2.45) is 0 Å². The van der Waals surface area contributed by atoms with Crippen LogP contribution >= 0.6 is 0 Å². The Hall–Kier alpha value is -3.51. The van der Waals surface area contributed by atoms with E-state index in [9.17, 15) is 9.90 Å². The molecule has 1 aliphatic heterocycles. The van der Waals surface area contributed by atoms with E-state index < -0.39 is 0 Å². The zero-order chi connectivity index (χ0) is 23.8. The highest BCUT2D eigenvalue weighted by molar-refractivity contribution is 5.87. The van der Waals surface area contributed by atoms with Gasteiger partial charge in [0.1, 0.15) is 0 Å². The second-order valence-electron chi connectivity index (χ2n) is 8.70. The molecule has 0 radical (unpaired) electrons. The van der Waals surface area contributed by atoms with E-state index in [-0.39, 0.29) is 11.7 Å². The minimum Gasteiger partial charge on any atom is -0.504 e. The molecule has 6 nitrogen and oxygen atoms in total. The van der Waals surface area contributed by atoms with Gasteiger partial charge in [-0.25, -0.2) is 0 Å². The third-order valence-corrected chi connectivity index (χ3v) is 6.45. The highest BCUT2D eigenvalue weighted by Gasteiger charge is 2.22. The predicted octanol–water partition coefficient (Wildman–Crippen LogP) is 4.84. The molecule has 2 heterocycles. The van der Waals surface area contributed by atoms with Gasteiger partial charge >= 0.3 is 0 Å². The Labute approximate surface area is 200 Å². The van der Waals surface area contributed by atoms with Gasteiger partial charge in [0.15, 0.2) is 11.5 Å². The number of hydrogen-bond acceptors (Lipinski definition) is 4.